The zero-order valence-electron chi connectivity index (χ0n) is 13.7. The summed E-state index contributed by atoms with van der Waals surface area (Å²) in [5.41, 5.74) is 1.83. The normalized spacial score (nSPS) is 10.9. The van der Waals surface area contributed by atoms with E-state index in [2.05, 4.69) is 31.9 Å². The fourth-order valence-electron chi connectivity index (χ4n) is 2.68. The molecule has 0 fully saturated rings. The van der Waals surface area contributed by atoms with E-state index in [0.717, 1.165) is 14.5 Å². The topological polar surface area (TPSA) is 39.4 Å². The third kappa shape index (κ3) is 3.81. The summed E-state index contributed by atoms with van der Waals surface area (Å²) >= 11 is 12.9. The second-order valence-corrected chi connectivity index (χ2v) is 8.07. The minimum absolute atomic E-state index is 0.350. The Balaban J connectivity index is 1.82. The van der Waals surface area contributed by atoms with Gasteiger partial charge >= 0.3 is 5.97 Å². The van der Waals surface area contributed by atoms with Gasteiger partial charge < -0.3 is 9.15 Å². The Labute approximate surface area is 177 Å². The Morgan fingerprint density at radius 1 is 0.889 bits per heavy atom. The van der Waals surface area contributed by atoms with Crippen molar-refractivity contribution in [2.24, 2.45) is 0 Å². The monoisotopic (exact) mass is 504 g/mol. The molecule has 0 aliphatic heterocycles. The highest BCUT2D eigenvalue weighted by atomic mass is 79.9. The van der Waals surface area contributed by atoms with Crippen molar-refractivity contribution in [1.82, 2.24) is 0 Å². The molecule has 1 aromatic heterocycles. The van der Waals surface area contributed by atoms with E-state index in [-0.39, 0.29) is 0 Å². The minimum Gasteiger partial charge on any atom is -0.452 e. The largest absolute Gasteiger partial charge is 0.452 e. The third-order valence-electron chi connectivity index (χ3n) is 3.99. The van der Waals surface area contributed by atoms with E-state index in [1.807, 2.05) is 24.3 Å². The number of esters is 1. The highest BCUT2D eigenvalue weighted by Crippen LogP contribution is 2.41. The van der Waals surface area contributed by atoms with Gasteiger partial charge in [0.15, 0.2) is 11.5 Å². The Morgan fingerprint density at radius 2 is 1.52 bits per heavy atom. The fourth-order valence-corrected chi connectivity index (χ4v) is 3.38. The van der Waals surface area contributed by atoms with Crippen LogP contribution >= 0.6 is 43.5 Å². The summed E-state index contributed by atoms with van der Waals surface area (Å²) in [4.78, 5) is 12.7. The van der Waals surface area contributed by atoms with Crippen LogP contribution in [0.3, 0.4) is 0 Å². The molecule has 6 heteroatoms. The van der Waals surface area contributed by atoms with Gasteiger partial charge in [0.25, 0.3) is 0 Å². The molecule has 0 N–H and O–H groups in total. The Hall–Kier alpha value is -2.08. The van der Waals surface area contributed by atoms with Gasteiger partial charge in [0.1, 0.15) is 5.58 Å². The van der Waals surface area contributed by atoms with Crippen LogP contribution in [0.15, 0.2) is 80.1 Å². The first-order valence-corrected chi connectivity index (χ1v) is 9.93. The van der Waals surface area contributed by atoms with Crippen molar-refractivity contribution in [3.63, 3.8) is 0 Å². The number of halogens is 3. The van der Waals surface area contributed by atoms with Crippen molar-refractivity contribution in [3.05, 3.63) is 86.3 Å². The molecule has 3 nitrogen and oxygen atoms in total. The van der Waals surface area contributed by atoms with E-state index >= 15 is 0 Å². The molecule has 1 heterocycles. The summed E-state index contributed by atoms with van der Waals surface area (Å²) in [7, 11) is 0. The van der Waals surface area contributed by atoms with Gasteiger partial charge in [-0.1, -0.05) is 43.5 Å². The van der Waals surface area contributed by atoms with Crippen LogP contribution < -0.4 is 4.74 Å². The molecule has 27 heavy (non-hydrogen) atoms. The van der Waals surface area contributed by atoms with Gasteiger partial charge in [-0.15, -0.1) is 0 Å². The zero-order chi connectivity index (χ0) is 19.0. The van der Waals surface area contributed by atoms with Gasteiger partial charge in [0, 0.05) is 19.5 Å². The molecule has 0 radical (unpaired) electrons. The van der Waals surface area contributed by atoms with Crippen molar-refractivity contribution in [2.45, 2.75) is 0 Å². The van der Waals surface area contributed by atoms with Crippen molar-refractivity contribution >= 4 is 60.4 Å². The van der Waals surface area contributed by atoms with Gasteiger partial charge in [0.2, 0.25) is 0 Å². The maximum Gasteiger partial charge on any atom is 0.343 e. The molecule has 3 aromatic carbocycles. The molecule has 0 atom stereocenters. The SMILES string of the molecule is O=C(Oc1c(-c2ccc(Br)cc2)oc2ccc(Cl)cc12)c1ccc(Br)cc1. The quantitative estimate of drug-likeness (QED) is 0.270. The molecule has 0 amide bonds. The number of hydrogen-bond acceptors (Lipinski definition) is 3. The lowest BCUT2D eigenvalue weighted by atomic mass is 10.1. The van der Waals surface area contributed by atoms with Gasteiger partial charge in [-0.3, -0.25) is 0 Å². The average molecular weight is 507 g/mol. The van der Waals surface area contributed by atoms with Gasteiger partial charge in [0.05, 0.1) is 10.9 Å². The van der Waals surface area contributed by atoms with Crippen LogP contribution in [0.4, 0.5) is 0 Å². The molecule has 0 aliphatic rings. The number of carbonyl (C=O) groups is 1. The van der Waals surface area contributed by atoms with E-state index in [0.29, 0.717) is 33.1 Å². The Kier molecular flexibility index (Phi) is 5.08. The molecule has 0 saturated heterocycles. The lowest BCUT2D eigenvalue weighted by Gasteiger charge is -2.06. The van der Waals surface area contributed by atoms with E-state index in [1.165, 1.54) is 0 Å². The summed E-state index contributed by atoms with van der Waals surface area (Å²) in [5.74, 6) is 0.358. The molecule has 0 saturated carbocycles. The van der Waals surface area contributed by atoms with Gasteiger partial charge in [-0.2, -0.15) is 0 Å². The number of benzene rings is 3. The number of ether oxygens (including phenoxy) is 1. The van der Waals surface area contributed by atoms with Crippen molar-refractivity contribution in [3.8, 4) is 17.1 Å². The summed E-state index contributed by atoms with van der Waals surface area (Å²) in [6.07, 6.45) is 0. The molecule has 134 valence electrons. The lowest BCUT2D eigenvalue weighted by molar-refractivity contribution is 0.0736. The average Bonchev–Trinajstić information content (AvgIpc) is 3.00. The van der Waals surface area contributed by atoms with Gasteiger partial charge in [-0.05, 0) is 66.7 Å². The second kappa shape index (κ2) is 7.50. The molecule has 4 rings (SSSR count). The smallest absolute Gasteiger partial charge is 0.343 e. The van der Waals surface area contributed by atoms with Crippen molar-refractivity contribution in [1.29, 1.82) is 0 Å². The van der Waals surface area contributed by atoms with Crippen LogP contribution in [-0.4, -0.2) is 5.97 Å². The number of furan rings is 1. The van der Waals surface area contributed by atoms with E-state index < -0.39 is 5.97 Å². The van der Waals surface area contributed by atoms with Crippen LogP contribution in [0.1, 0.15) is 10.4 Å². The molecule has 0 aliphatic carbocycles. The summed E-state index contributed by atoms with van der Waals surface area (Å²) in [6, 6.07) is 19.8. The number of carbonyl (C=O) groups excluding carboxylic acids is 1. The van der Waals surface area contributed by atoms with E-state index in [1.54, 1.807) is 42.5 Å². The number of hydrogen-bond donors (Lipinski definition) is 0. The summed E-state index contributed by atoms with van der Waals surface area (Å²) in [6.45, 7) is 0. The predicted octanol–water partition coefficient (Wildman–Crippen LogP) is 7.50. The standard InChI is InChI=1S/C21H11Br2ClO3/c22-14-5-1-12(2-6-14)19-20(17-11-16(24)9-10-18(17)26-19)27-21(25)13-3-7-15(23)8-4-13/h1-11H. The van der Waals surface area contributed by atoms with Crippen molar-refractivity contribution < 1.29 is 13.9 Å². The first kappa shape index (κ1) is 18.3. The second-order valence-electron chi connectivity index (χ2n) is 5.80. The first-order chi connectivity index (χ1) is 13.0. The predicted molar refractivity (Wildman–Crippen MR) is 113 cm³/mol. The van der Waals surface area contributed by atoms with Crippen LogP contribution in [-0.2, 0) is 0 Å². The Bertz CT molecular complexity index is 1130. The molecule has 0 bridgehead atoms. The van der Waals surface area contributed by atoms with E-state index in [4.69, 9.17) is 20.8 Å². The lowest BCUT2D eigenvalue weighted by Crippen LogP contribution is -2.08. The summed E-state index contributed by atoms with van der Waals surface area (Å²) in [5, 5.41) is 1.18. The first-order valence-electron chi connectivity index (χ1n) is 7.97. The maximum atomic E-state index is 12.7. The maximum absolute atomic E-state index is 12.7. The highest BCUT2D eigenvalue weighted by molar-refractivity contribution is 9.10. The molecular formula is C21H11Br2ClO3. The van der Waals surface area contributed by atoms with E-state index in [9.17, 15) is 4.79 Å². The van der Waals surface area contributed by atoms with Crippen LogP contribution in [0, 0.1) is 0 Å². The van der Waals surface area contributed by atoms with Gasteiger partial charge in [-0.25, -0.2) is 4.79 Å². The number of rotatable bonds is 3. The fraction of sp³-hybridized carbons (Fsp3) is 0. The zero-order valence-corrected chi connectivity index (χ0v) is 17.6. The Morgan fingerprint density at radius 3 is 2.19 bits per heavy atom. The highest BCUT2D eigenvalue weighted by Gasteiger charge is 2.21. The molecule has 0 spiro atoms. The summed E-state index contributed by atoms with van der Waals surface area (Å²) < 4.78 is 13.6. The molecular weight excluding hydrogens is 495 g/mol. The number of fused-ring (bicyclic) bond motifs is 1. The molecule has 4 aromatic rings. The minimum atomic E-state index is -0.469. The van der Waals surface area contributed by atoms with Crippen LogP contribution in [0.5, 0.6) is 5.75 Å². The van der Waals surface area contributed by atoms with Crippen LogP contribution in [0.25, 0.3) is 22.3 Å². The third-order valence-corrected chi connectivity index (χ3v) is 5.28. The van der Waals surface area contributed by atoms with Crippen LogP contribution in [0.2, 0.25) is 5.02 Å². The molecule has 0 unspecified atom stereocenters. The van der Waals surface area contributed by atoms with Crippen molar-refractivity contribution in [2.75, 3.05) is 0 Å².